The number of piperazine rings is 1. The minimum absolute atomic E-state index is 0.0620. The molecule has 108 valence electrons. The highest BCUT2D eigenvalue weighted by Crippen LogP contribution is 2.23. The summed E-state index contributed by atoms with van der Waals surface area (Å²) in [4.78, 5) is 25.9. The van der Waals surface area contributed by atoms with Crippen molar-refractivity contribution in [2.45, 2.75) is 45.8 Å². The SMILES string of the molecule is CCC1C(=O)NC(C)C(=O)N1Cc1ccc(C)cc1Cl. The Balaban J connectivity index is 2.28. The molecular formula is C15H19ClN2O2. The fourth-order valence-corrected chi connectivity index (χ4v) is 2.77. The summed E-state index contributed by atoms with van der Waals surface area (Å²) in [7, 11) is 0. The Morgan fingerprint density at radius 1 is 1.35 bits per heavy atom. The van der Waals surface area contributed by atoms with Gasteiger partial charge in [0, 0.05) is 11.6 Å². The lowest BCUT2D eigenvalue weighted by Crippen LogP contribution is -2.61. The quantitative estimate of drug-likeness (QED) is 0.930. The van der Waals surface area contributed by atoms with Crippen LogP contribution < -0.4 is 5.32 Å². The summed E-state index contributed by atoms with van der Waals surface area (Å²) in [5.74, 6) is -0.157. The van der Waals surface area contributed by atoms with Crippen LogP contribution in [-0.2, 0) is 16.1 Å². The van der Waals surface area contributed by atoms with Crippen molar-refractivity contribution < 1.29 is 9.59 Å². The summed E-state index contributed by atoms with van der Waals surface area (Å²) < 4.78 is 0. The fourth-order valence-electron chi connectivity index (χ4n) is 2.47. The van der Waals surface area contributed by atoms with Crippen molar-refractivity contribution in [3.8, 4) is 0 Å². The van der Waals surface area contributed by atoms with Crippen molar-refractivity contribution in [2.24, 2.45) is 0 Å². The second kappa shape index (κ2) is 5.83. The third-order valence-corrected chi connectivity index (χ3v) is 3.98. The minimum atomic E-state index is -0.477. The van der Waals surface area contributed by atoms with E-state index in [2.05, 4.69) is 5.32 Å². The molecule has 1 aromatic carbocycles. The average Bonchev–Trinajstić information content (AvgIpc) is 2.38. The van der Waals surface area contributed by atoms with E-state index in [1.807, 2.05) is 32.0 Å². The smallest absolute Gasteiger partial charge is 0.245 e. The lowest BCUT2D eigenvalue weighted by molar-refractivity contribution is -0.149. The molecule has 2 unspecified atom stereocenters. The molecule has 0 radical (unpaired) electrons. The zero-order valence-corrected chi connectivity index (χ0v) is 12.7. The summed E-state index contributed by atoms with van der Waals surface area (Å²) in [5.41, 5.74) is 1.94. The molecule has 1 N–H and O–H groups in total. The highest BCUT2D eigenvalue weighted by Gasteiger charge is 2.37. The van der Waals surface area contributed by atoms with E-state index in [0.717, 1.165) is 11.1 Å². The maximum absolute atomic E-state index is 12.3. The van der Waals surface area contributed by atoms with E-state index in [1.54, 1.807) is 11.8 Å². The zero-order valence-electron chi connectivity index (χ0n) is 11.9. The lowest BCUT2D eigenvalue weighted by atomic mass is 10.0. The van der Waals surface area contributed by atoms with Crippen LogP contribution in [0, 0.1) is 6.92 Å². The van der Waals surface area contributed by atoms with E-state index < -0.39 is 12.1 Å². The van der Waals surface area contributed by atoms with Gasteiger partial charge in [-0.05, 0) is 37.5 Å². The number of nitrogens with one attached hydrogen (secondary N) is 1. The number of nitrogens with zero attached hydrogens (tertiary/aromatic N) is 1. The first kappa shape index (κ1) is 14.9. The monoisotopic (exact) mass is 294 g/mol. The van der Waals surface area contributed by atoms with Crippen LogP contribution >= 0.6 is 11.6 Å². The van der Waals surface area contributed by atoms with Crippen LogP contribution in [0.2, 0.25) is 5.02 Å². The van der Waals surface area contributed by atoms with Crippen LogP contribution in [0.3, 0.4) is 0 Å². The number of halogens is 1. The molecule has 1 aliphatic rings. The van der Waals surface area contributed by atoms with Crippen molar-refractivity contribution in [1.82, 2.24) is 10.2 Å². The van der Waals surface area contributed by atoms with Crippen LogP contribution in [-0.4, -0.2) is 28.8 Å². The molecule has 1 fully saturated rings. The molecule has 0 bridgehead atoms. The second-order valence-electron chi connectivity index (χ2n) is 5.22. The molecule has 1 saturated heterocycles. The first-order valence-electron chi connectivity index (χ1n) is 6.80. The van der Waals surface area contributed by atoms with Crippen LogP contribution in [0.25, 0.3) is 0 Å². The zero-order chi connectivity index (χ0) is 14.9. The lowest BCUT2D eigenvalue weighted by Gasteiger charge is -2.37. The predicted octanol–water partition coefficient (Wildman–Crippen LogP) is 2.27. The first-order valence-corrected chi connectivity index (χ1v) is 7.17. The van der Waals surface area contributed by atoms with E-state index in [-0.39, 0.29) is 11.8 Å². The Morgan fingerprint density at radius 3 is 2.65 bits per heavy atom. The van der Waals surface area contributed by atoms with Gasteiger partial charge in [-0.25, -0.2) is 0 Å². The number of benzene rings is 1. The molecule has 2 rings (SSSR count). The molecule has 1 aliphatic heterocycles. The standard InChI is InChI=1S/C15H19ClN2O2/c1-4-13-14(19)17-10(3)15(20)18(13)8-11-6-5-9(2)7-12(11)16/h5-7,10,13H,4,8H2,1-3H3,(H,17,19). The Hall–Kier alpha value is -1.55. The Kier molecular flexibility index (Phi) is 4.33. The maximum Gasteiger partial charge on any atom is 0.245 e. The molecule has 20 heavy (non-hydrogen) atoms. The number of amides is 2. The number of carbonyl (C=O) groups excluding carboxylic acids is 2. The van der Waals surface area contributed by atoms with Gasteiger partial charge >= 0.3 is 0 Å². The van der Waals surface area contributed by atoms with Gasteiger partial charge in [0.25, 0.3) is 0 Å². The highest BCUT2D eigenvalue weighted by molar-refractivity contribution is 6.31. The fraction of sp³-hybridized carbons (Fsp3) is 0.467. The van der Waals surface area contributed by atoms with E-state index in [0.29, 0.717) is 18.0 Å². The van der Waals surface area contributed by atoms with Crippen LogP contribution in [0.4, 0.5) is 0 Å². The van der Waals surface area contributed by atoms with E-state index in [1.165, 1.54) is 0 Å². The van der Waals surface area contributed by atoms with Gasteiger partial charge in [-0.15, -0.1) is 0 Å². The molecule has 0 aliphatic carbocycles. The van der Waals surface area contributed by atoms with Gasteiger partial charge in [-0.3, -0.25) is 9.59 Å². The minimum Gasteiger partial charge on any atom is -0.343 e. The highest BCUT2D eigenvalue weighted by atomic mass is 35.5. The van der Waals surface area contributed by atoms with Gasteiger partial charge in [0.2, 0.25) is 11.8 Å². The van der Waals surface area contributed by atoms with Crippen molar-refractivity contribution >= 4 is 23.4 Å². The van der Waals surface area contributed by atoms with Crippen molar-refractivity contribution in [3.05, 3.63) is 34.3 Å². The van der Waals surface area contributed by atoms with Crippen molar-refractivity contribution in [2.75, 3.05) is 0 Å². The first-order chi connectivity index (χ1) is 9.43. The molecule has 1 heterocycles. The summed E-state index contributed by atoms with van der Waals surface area (Å²) in [6.45, 7) is 5.94. The second-order valence-corrected chi connectivity index (χ2v) is 5.62. The molecule has 0 saturated carbocycles. The average molecular weight is 295 g/mol. The van der Waals surface area contributed by atoms with Gasteiger partial charge in [0.1, 0.15) is 12.1 Å². The van der Waals surface area contributed by atoms with Gasteiger partial charge in [-0.2, -0.15) is 0 Å². The molecular weight excluding hydrogens is 276 g/mol. The largest absolute Gasteiger partial charge is 0.343 e. The summed E-state index contributed by atoms with van der Waals surface area (Å²) in [6, 6.07) is 4.84. The van der Waals surface area contributed by atoms with Crippen LogP contribution in [0.15, 0.2) is 18.2 Å². The molecule has 1 aromatic rings. The van der Waals surface area contributed by atoms with E-state index in [9.17, 15) is 9.59 Å². The molecule has 2 amide bonds. The topological polar surface area (TPSA) is 49.4 Å². The summed E-state index contributed by atoms with van der Waals surface area (Å²) >= 11 is 6.22. The summed E-state index contributed by atoms with van der Waals surface area (Å²) in [6.07, 6.45) is 0.591. The number of carbonyl (C=O) groups is 2. The Labute approximate surface area is 124 Å². The van der Waals surface area contributed by atoms with Crippen molar-refractivity contribution in [1.29, 1.82) is 0 Å². The van der Waals surface area contributed by atoms with Gasteiger partial charge in [0.15, 0.2) is 0 Å². The van der Waals surface area contributed by atoms with Gasteiger partial charge in [-0.1, -0.05) is 30.7 Å². The van der Waals surface area contributed by atoms with Gasteiger partial charge in [0.05, 0.1) is 0 Å². The van der Waals surface area contributed by atoms with E-state index in [4.69, 9.17) is 11.6 Å². The third kappa shape index (κ3) is 2.80. The molecule has 0 spiro atoms. The van der Waals surface area contributed by atoms with Crippen LogP contribution in [0.1, 0.15) is 31.4 Å². The summed E-state index contributed by atoms with van der Waals surface area (Å²) in [5, 5.41) is 3.34. The van der Waals surface area contributed by atoms with Crippen molar-refractivity contribution in [3.63, 3.8) is 0 Å². The Morgan fingerprint density at radius 2 is 2.05 bits per heavy atom. The molecule has 0 aromatic heterocycles. The predicted molar refractivity (Wildman–Crippen MR) is 78.4 cm³/mol. The number of aryl methyl sites for hydroxylation is 1. The van der Waals surface area contributed by atoms with Gasteiger partial charge < -0.3 is 10.2 Å². The number of hydrogen-bond acceptors (Lipinski definition) is 2. The third-order valence-electron chi connectivity index (χ3n) is 3.63. The van der Waals surface area contributed by atoms with Crippen LogP contribution in [0.5, 0.6) is 0 Å². The maximum atomic E-state index is 12.3. The molecule has 5 heteroatoms. The molecule has 2 atom stereocenters. The number of hydrogen-bond donors (Lipinski definition) is 1. The number of rotatable bonds is 3. The molecule has 4 nitrogen and oxygen atoms in total. The Bertz CT molecular complexity index is 545. The normalized spacial score (nSPS) is 22.9. The van der Waals surface area contributed by atoms with E-state index >= 15 is 0 Å².